The van der Waals surface area contributed by atoms with Crippen LogP contribution < -0.4 is 10.0 Å². The van der Waals surface area contributed by atoms with E-state index in [1.165, 1.54) is 0 Å². The van der Waals surface area contributed by atoms with Crippen molar-refractivity contribution < 1.29 is 13.2 Å². The van der Waals surface area contributed by atoms with Gasteiger partial charge >= 0.3 is 0 Å². The zero-order valence-electron chi connectivity index (χ0n) is 17.9. The van der Waals surface area contributed by atoms with Gasteiger partial charge in [0.15, 0.2) is 0 Å². The molecule has 0 aliphatic rings. The number of hydrogen-bond donors (Lipinski definition) is 2. The van der Waals surface area contributed by atoms with Crippen LogP contribution in [0.2, 0.25) is 0 Å². The second kappa shape index (κ2) is 10.4. The van der Waals surface area contributed by atoms with Gasteiger partial charge in [-0.05, 0) is 73.2 Å². The number of rotatable bonds is 9. The Labute approximate surface area is 184 Å². The summed E-state index contributed by atoms with van der Waals surface area (Å²) in [5.41, 5.74) is 5.00. The number of aryl methyl sites for hydroxylation is 3. The van der Waals surface area contributed by atoms with Gasteiger partial charge in [0.2, 0.25) is 15.9 Å². The van der Waals surface area contributed by atoms with Gasteiger partial charge in [-0.15, -0.1) is 0 Å². The van der Waals surface area contributed by atoms with Gasteiger partial charge in [0.25, 0.3) is 0 Å². The minimum atomic E-state index is -3.56. The van der Waals surface area contributed by atoms with Gasteiger partial charge in [-0.3, -0.25) is 4.79 Å². The fraction of sp³-hybridized carbons (Fsp3) is 0.240. The number of benzene rings is 3. The van der Waals surface area contributed by atoms with Gasteiger partial charge in [0, 0.05) is 18.7 Å². The molecule has 0 radical (unpaired) electrons. The van der Waals surface area contributed by atoms with Crippen LogP contribution in [-0.2, 0) is 27.7 Å². The fourth-order valence-electron chi connectivity index (χ4n) is 3.42. The van der Waals surface area contributed by atoms with Gasteiger partial charge < -0.3 is 5.32 Å². The first kappa shape index (κ1) is 22.7. The third-order valence-corrected chi connectivity index (χ3v) is 6.41. The van der Waals surface area contributed by atoms with Crippen molar-refractivity contribution in [3.63, 3.8) is 0 Å². The van der Waals surface area contributed by atoms with Crippen LogP contribution in [-0.4, -0.2) is 20.9 Å². The summed E-state index contributed by atoms with van der Waals surface area (Å²) >= 11 is 0. The predicted octanol–water partition coefficient (Wildman–Crippen LogP) is 4.40. The first-order chi connectivity index (χ1) is 14.8. The highest BCUT2D eigenvalue weighted by atomic mass is 32.2. The summed E-state index contributed by atoms with van der Waals surface area (Å²) < 4.78 is 27.6. The molecule has 31 heavy (non-hydrogen) atoms. The highest BCUT2D eigenvalue weighted by Gasteiger charge is 2.13. The molecule has 3 aromatic carbocycles. The lowest BCUT2D eigenvalue weighted by Crippen LogP contribution is -2.26. The third kappa shape index (κ3) is 7.05. The topological polar surface area (TPSA) is 75.3 Å². The Morgan fingerprint density at radius 3 is 2.06 bits per heavy atom. The Bertz CT molecular complexity index is 1100. The number of carbonyl (C=O) groups excluding carboxylic acids is 1. The van der Waals surface area contributed by atoms with E-state index in [9.17, 15) is 13.2 Å². The van der Waals surface area contributed by atoms with Gasteiger partial charge in [0.1, 0.15) is 0 Å². The molecule has 0 aliphatic carbocycles. The molecule has 5 nitrogen and oxygen atoms in total. The second-order valence-electron chi connectivity index (χ2n) is 7.70. The molecule has 0 bridgehead atoms. The number of carbonyl (C=O) groups is 1. The van der Waals surface area contributed by atoms with E-state index in [1.807, 2.05) is 56.3 Å². The summed E-state index contributed by atoms with van der Waals surface area (Å²) in [7, 11) is -3.56. The molecule has 3 aromatic rings. The van der Waals surface area contributed by atoms with Crippen LogP contribution in [0, 0.1) is 13.8 Å². The van der Waals surface area contributed by atoms with E-state index >= 15 is 0 Å². The number of sulfonamides is 1. The van der Waals surface area contributed by atoms with Crippen LogP contribution in [0.3, 0.4) is 0 Å². The van der Waals surface area contributed by atoms with E-state index < -0.39 is 10.0 Å². The summed E-state index contributed by atoms with van der Waals surface area (Å²) in [5.74, 6) is -0.0655. The molecule has 1 amide bonds. The summed E-state index contributed by atoms with van der Waals surface area (Å²) in [6.07, 6.45) is 1.50. The zero-order valence-corrected chi connectivity index (χ0v) is 18.7. The van der Waals surface area contributed by atoms with Gasteiger partial charge in [-0.25, -0.2) is 13.1 Å². The molecule has 0 saturated carbocycles. The van der Waals surface area contributed by atoms with Crippen LogP contribution in [0.5, 0.6) is 0 Å². The van der Waals surface area contributed by atoms with E-state index in [-0.39, 0.29) is 10.8 Å². The fourth-order valence-corrected chi connectivity index (χ4v) is 4.45. The standard InChI is InChI=1S/C25H28N2O3S/c1-19-16-20(2)18-23(17-19)27-25(28)13-10-22-8-11-24(12-9-22)31(29,30)26-15-14-21-6-4-3-5-7-21/h3-9,11-12,16-18,26H,10,13-15H2,1-2H3,(H,27,28). The van der Waals surface area contributed by atoms with E-state index in [0.29, 0.717) is 25.8 Å². The Morgan fingerprint density at radius 2 is 1.42 bits per heavy atom. The predicted molar refractivity (Wildman–Crippen MR) is 125 cm³/mol. The maximum absolute atomic E-state index is 12.5. The molecule has 0 aromatic heterocycles. The lowest BCUT2D eigenvalue weighted by Gasteiger charge is -2.09. The molecular formula is C25H28N2O3S. The molecule has 0 saturated heterocycles. The largest absolute Gasteiger partial charge is 0.326 e. The van der Waals surface area contributed by atoms with Gasteiger partial charge in [-0.1, -0.05) is 48.5 Å². The second-order valence-corrected chi connectivity index (χ2v) is 9.47. The number of anilines is 1. The highest BCUT2D eigenvalue weighted by Crippen LogP contribution is 2.15. The lowest BCUT2D eigenvalue weighted by atomic mass is 10.1. The Hall–Kier alpha value is -2.96. The van der Waals surface area contributed by atoms with Crippen molar-refractivity contribution in [2.45, 2.75) is 38.0 Å². The molecule has 2 N–H and O–H groups in total. The lowest BCUT2D eigenvalue weighted by molar-refractivity contribution is -0.116. The first-order valence-corrected chi connectivity index (χ1v) is 11.8. The normalized spacial score (nSPS) is 11.3. The van der Waals surface area contributed by atoms with Crippen LogP contribution in [0.1, 0.15) is 28.7 Å². The summed E-state index contributed by atoms with van der Waals surface area (Å²) in [4.78, 5) is 12.5. The van der Waals surface area contributed by atoms with Gasteiger partial charge in [0.05, 0.1) is 4.90 Å². The molecule has 0 aliphatic heterocycles. The van der Waals surface area contributed by atoms with Crippen LogP contribution >= 0.6 is 0 Å². The smallest absolute Gasteiger partial charge is 0.240 e. The molecule has 0 fully saturated rings. The van der Waals surface area contributed by atoms with Crippen LogP contribution in [0.15, 0.2) is 77.7 Å². The molecule has 0 spiro atoms. The summed E-state index contributed by atoms with van der Waals surface area (Å²) in [5, 5.41) is 2.92. The monoisotopic (exact) mass is 436 g/mol. The first-order valence-electron chi connectivity index (χ1n) is 10.3. The molecule has 0 atom stereocenters. The van der Waals surface area contributed by atoms with Crippen molar-refractivity contribution in [1.82, 2.24) is 4.72 Å². The summed E-state index contributed by atoms with van der Waals surface area (Å²) in [6, 6.07) is 22.4. The SMILES string of the molecule is Cc1cc(C)cc(NC(=O)CCc2ccc(S(=O)(=O)NCCc3ccccc3)cc2)c1. The third-order valence-electron chi connectivity index (χ3n) is 4.93. The quantitative estimate of drug-likeness (QED) is 0.522. The van der Waals surface area contributed by atoms with E-state index in [1.54, 1.807) is 24.3 Å². The van der Waals surface area contributed by atoms with Crippen LogP contribution in [0.4, 0.5) is 5.69 Å². The van der Waals surface area contributed by atoms with Gasteiger partial charge in [-0.2, -0.15) is 0 Å². The Balaban J connectivity index is 1.50. The highest BCUT2D eigenvalue weighted by molar-refractivity contribution is 7.89. The molecule has 6 heteroatoms. The minimum Gasteiger partial charge on any atom is -0.326 e. The van der Waals surface area contributed by atoms with Crippen molar-refractivity contribution in [2.24, 2.45) is 0 Å². The Morgan fingerprint density at radius 1 is 0.806 bits per heavy atom. The molecule has 3 rings (SSSR count). The maximum atomic E-state index is 12.5. The van der Waals surface area contributed by atoms with E-state index in [4.69, 9.17) is 0 Å². The van der Waals surface area contributed by atoms with Crippen molar-refractivity contribution in [3.05, 3.63) is 95.1 Å². The molecule has 0 unspecified atom stereocenters. The molecule has 162 valence electrons. The van der Waals surface area contributed by atoms with E-state index in [0.717, 1.165) is 27.9 Å². The summed E-state index contributed by atoms with van der Waals surface area (Å²) in [6.45, 7) is 4.33. The number of amides is 1. The average molecular weight is 437 g/mol. The van der Waals surface area contributed by atoms with Crippen molar-refractivity contribution in [2.75, 3.05) is 11.9 Å². The number of hydrogen-bond acceptors (Lipinski definition) is 3. The average Bonchev–Trinajstić information content (AvgIpc) is 2.72. The zero-order chi connectivity index (χ0) is 22.3. The molecular weight excluding hydrogens is 408 g/mol. The molecule has 0 heterocycles. The van der Waals surface area contributed by atoms with Crippen molar-refractivity contribution >= 4 is 21.6 Å². The van der Waals surface area contributed by atoms with Crippen molar-refractivity contribution in [1.29, 1.82) is 0 Å². The van der Waals surface area contributed by atoms with E-state index in [2.05, 4.69) is 16.1 Å². The number of nitrogens with one attached hydrogen (secondary N) is 2. The Kier molecular flexibility index (Phi) is 7.60. The van der Waals surface area contributed by atoms with Crippen LogP contribution in [0.25, 0.3) is 0 Å². The maximum Gasteiger partial charge on any atom is 0.240 e. The van der Waals surface area contributed by atoms with Crippen molar-refractivity contribution in [3.8, 4) is 0 Å². The minimum absolute atomic E-state index is 0.0655.